The quantitative estimate of drug-likeness (QED) is 0.749. The molecule has 1 amide bonds. The molecule has 5 rings (SSSR count). The van der Waals surface area contributed by atoms with Gasteiger partial charge in [-0.15, -0.1) is 5.10 Å². The van der Waals surface area contributed by atoms with Crippen LogP contribution in [0.4, 0.5) is 0 Å². The van der Waals surface area contributed by atoms with Crippen LogP contribution in [0.15, 0.2) is 18.2 Å². The van der Waals surface area contributed by atoms with Crippen molar-refractivity contribution >= 4 is 5.91 Å². The van der Waals surface area contributed by atoms with E-state index in [4.69, 9.17) is 9.47 Å². The van der Waals surface area contributed by atoms with E-state index in [1.807, 2.05) is 23.4 Å². The fraction of sp³-hybridized carbons (Fsp3) is 0.609. The smallest absolute Gasteiger partial charge is 0.276 e. The second-order valence-corrected chi connectivity index (χ2v) is 8.84. The second-order valence-electron chi connectivity index (χ2n) is 8.84. The maximum atomic E-state index is 13.1. The number of morpholine rings is 1. The third-order valence-electron chi connectivity index (χ3n) is 6.93. The minimum Gasteiger partial charge on any atom is -0.381 e. The Balaban J connectivity index is 1.40. The van der Waals surface area contributed by atoms with Crippen LogP contribution in [0, 0.1) is 6.92 Å². The molecule has 0 aliphatic carbocycles. The highest BCUT2D eigenvalue weighted by atomic mass is 16.5. The van der Waals surface area contributed by atoms with Crippen LogP contribution < -0.4 is 0 Å². The molecule has 0 N–H and O–H groups in total. The van der Waals surface area contributed by atoms with Crippen molar-refractivity contribution in [2.75, 3.05) is 39.5 Å². The van der Waals surface area contributed by atoms with Crippen molar-refractivity contribution in [2.45, 2.75) is 51.7 Å². The summed E-state index contributed by atoms with van der Waals surface area (Å²) in [4.78, 5) is 17.6. The largest absolute Gasteiger partial charge is 0.381 e. The van der Waals surface area contributed by atoms with Gasteiger partial charge in [0.2, 0.25) is 0 Å². The Bertz CT molecular complexity index is 953. The van der Waals surface area contributed by atoms with Crippen LogP contribution in [0.2, 0.25) is 0 Å². The lowest BCUT2D eigenvalue weighted by Gasteiger charge is -2.38. The van der Waals surface area contributed by atoms with Gasteiger partial charge in [-0.3, -0.25) is 9.69 Å². The molecule has 3 aliphatic rings. The molecule has 0 spiro atoms. The normalized spacial score (nSPS) is 23.0. The molecular weight excluding hydrogens is 394 g/mol. The van der Waals surface area contributed by atoms with Crippen molar-refractivity contribution in [2.24, 2.45) is 0 Å². The van der Waals surface area contributed by atoms with Gasteiger partial charge in [0.1, 0.15) is 0 Å². The van der Waals surface area contributed by atoms with Gasteiger partial charge in [-0.2, -0.15) is 0 Å². The molecule has 0 saturated carbocycles. The Labute approximate surface area is 183 Å². The van der Waals surface area contributed by atoms with E-state index in [1.54, 1.807) is 0 Å². The number of benzene rings is 1. The van der Waals surface area contributed by atoms with Crippen LogP contribution >= 0.6 is 0 Å². The fourth-order valence-electron chi connectivity index (χ4n) is 5.09. The molecule has 2 aromatic rings. The summed E-state index contributed by atoms with van der Waals surface area (Å²) >= 11 is 0. The summed E-state index contributed by atoms with van der Waals surface area (Å²) in [5.74, 6) is -0.0601. The number of nitrogens with zero attached hydrogens (tertiary/aromatic N) is 5. The summed E-state index contributed by atoms with van der Waals surface area (Å²) in [5.41, 5.74) is 4.94. The van der Waals surface area contributed by atoms with Gasteiger partial charge in [0.25, 0.3) is 5.91 Å². The maximum absolute atomic E-state index is 13.1. The van der Waals surface area contributed by atoms with Gasteiger partial charge >= 0.3 is 0 Å². The van der Waals surface area contributed by atoms with E-state index in [2.05, 4.69) is 33.4 Å². The molecule has 3 aliphatic heterocycles. The van der Waals surface area contributed by atoms with Crippen molar-refractivity contribution in [3.05, 3.63) is 40.7 Å². The van der Waals surface area contributed by atoms with E-state index in [9.17, 15) is 4.79 Å². The molecule has 0 unspecified atom stereocenters. The minimum atomic E-state index is -0.0601. The van der Waals surface area contributed by atoms with Gasteiger partial charge in [-0.1, -0.05) is 17.3 Å². The lowest BCUT2D eigenvalue weighted by molar-refractivity contribution is 0.00322. The van der Waals surface area contributed by atoms with Crippen molar-refractivity contribution in [1.82, 2.24) is 24.8 Å². The first kappa shape index (κ1) is 20.6. The average Bonchev–Trinajstić information content (AvgIpc) is 3.19. The van der Waals surface area contributed by atoms with Crippen LogP contribution in [-0.2, 0) is 22.4 Å². The number of hydrogen-bond acceptors (Lipinski definition) is 6. The summed E-state index contributed by atoms with van der Waals surface area (Å²) in [6.07, 6.45) is 3.21. The third-order valence-corrected chi connectivity index (χ3v) is 6.93. The number of amides is 1. The molecule has 4 heterocycles. The Morgan fingerprint density at radius 3 is 2.77 bits per heavy atom. The van der Waals surface area contributed by atoms with E-state index in [1.165, 1.54) is 11.1 Å². The molecule has 2 saturated heterocycles. The third kappa shape index (κ3) is 3.88. The molecule has 1 aromatic carbocycles. The van der Waals surface area contributed by atoms with E-state index in [0.29, 0.717) is 31.5 Å². The molecular formula is C23H31N5O3. The molecule has 8 heteroatoms. The van der Waals surface area contributed by atoms with Crippen LogP contribution in [-0.4, -0.2) is 82.3 Å². The van der Waals surface area contributed by atoms with Gasteiger partial charge in [-0.25, -0.2) is 4.68 Å². The van der Waals surface area contributed by atoms with E-state index in [-0.39, 0.29) is 11.9 Å². The summed E-state index contributed by atoms with van der Waals surface area (Å²) < 4.78 is 12.9. The molecule has 166 valence electrons. The lowest BCUT2D eigenvalue weighted by atomic mass is 9.95. The van der Waals surface area contributed by atoms with Crippen LogP contribution in [0.1, 0.15) is 47.1 Å². The second kappa shape index (κ2) is 8.68. The van der Waals surface area contributed by atoms with Crippen LogP contribution in [0.25, 0.3) is 5.69 Å². The molecule has 0 radical (unpaired) electrons. The monoisotopic (exact) mass is 425 g/mol. The predicted molar refractivity (Wildman–Crippen MR) is 115 cm³/mol. The zero-order chi connectivity index (χ0) is 21.4. The standard InChI is InChI=1S/C23H31N5O3/c1-16-15-31-13-10-27(16)23(29)22-17(2)28(25-24-22)21-5-3-4-18-14-26(9-6-20(18)21)19-7-11-30-12-8-19/h3-5,16,19H,6-15H2,1-2H3/t16-/m1/s1. The number of aromatic nitrogens is 3. The SMILES string of the molecule is Cc1c(C(=O)N2CCOC[C@H]2C)nnn1-c1cccc2c1CCN(C1CCOCC1)C2. The Hall–Kier alpha value is -2.29. The highest BCUT2D eigenvalue weighted by Crippen LogP contribution is 2.29. The van der Waals surface area contributed by atoms with Crippen molar-refractivity contribution < 1.29 is 14.3 Å². The highest BCUT2D eigenvalue weighted by molar-refractivity contribution is 5.93. The first-order chi connectivity index (χ1) is 15.1. The molecule has 8 nitrogen and oxygen atoms in total. The van der Waals surface area contributed by atoms with Gasteiger partial charge < -0.3 is 14.4 Å². The van der Waals surface area contributed by atoms with Gasteiger partial charge in [-0.05, 0) is 50.3 Å². The Morgan fingerprint density at radius 2 is 1.97 bits per heavy atom. The average molecular weight is 426 g/mol. The summed E-state index contributed by atoms with van der Waals surface area (Å²) in [6, 6.07) is 7.06. The number of rotatable bonds is 3. The fourth-order valence-corrected chi connectivity index (χ4v) is 5.09. The lowest BCUT2D eigenvalue weighted by Crippen LogP contribution is -2.47. The van der Waals surface area contributed by atoms with Gasteiger partial charge in [0, 0.05) is 38.9 Å². The summed E-state index contributed by atoms with van der Waals surface area (Å²) in [5, 5.41) is 8.70. The topological polar surface area (TPSA) is 72.7 Å². The van der Waals surface area contributed by atoms with Crippen LogP contribution in [0.3, 0.4) is 0 Å². The van der Waals surface area contributed by atoms with E-state index < -0.39 is 0 Å². The Kier molecular flexibility index (Phi) is 5.77. The Morgan fingerprint density at radius 1 is 1.13 bits per heavy atom. The maximum Gasteiger partial charge on any atom is 0.276 e. The van der Waals surface area contributed by atoms with E-state index >= 15 is 0 Å². The molecule has 31 heavy (non-hydrogen) atoms. The first-order valence-electron chi connectivity index (χ1n) is 11.4. The summed E-state index contributed by atoms with van der Waals surface area (Å²) in [6.45, 7) is 9.40. The number of carbonyl (C=O) groups is 1. The molecule has 1 aromatic heterocycles. The zero-order valence-electron chi connectivity index (χ0n) is 18.4. The zero-order valence-corrected chi connectivity index (χ0v) is 18.4. The predicted octanol–water partition coefficient (Wildman–Crippen LogP) is 1.97. The van der Waals surface area contributed by atoms with Gasteiger partial charge in [0.05, 0.1) is 30.6 Å². The van der Waals surface area contributed by atoms with Crippen molar-refractivity contribution in [3.8, 4) is 5.69 Å². The number of fused-ring (bicyclic) bond motifs is 1. The van der Waals surface area contributed by atoms with E-state index in [0.717, 1.165) is 56.9 Å². The molecule has 1 atom stereocenters. The highest BCUT2D eigenvalue weighted by Gasteiger charge is 2.30. The van der Waals surface area contributed by atoms with Crippen molar-refractivity contribution in [1.29, 1.82) is 0 Å². The molecule has 0 bridgehead atoms. The minimum absolute atomic E-state index is 0.0476. The first-order valence-corrected chi connectivity index (χ1v) is 11.4. The number of ether oxygens (including phenoxy) is 2. The van der Waals surface area contributed by atoms with Crippen LogP contribution in [0.5, 0.6) is 0 Å². The summed E-state index contributed by atoms with van der Waals surface area (Å²) in [7, 11) is 0. The van der Waals surface area contributed by atoms with Crippen molar-refractivity contribution in [3.63, 3.8) is 0 Å². The number of carbonyl (C=O) groups excluding carboxylic acids is 1. The number of hydrogen-bond donors (Lipinski definition) is 0. The molecule has 2 fully saturated rings. The van der Waals surface area contributed by atoms with Gasteiger partial charge in [0.15, 0.2) is 5.69 Å².